The van der Waals surface area contributed by atoms with Gasteiger partial charge in [0.1, 0.15) is 17.4 Å². The number of carbonyl (C=O) groups is 1. The summed E-state index contributed by atoms with van der Waals surface area (Å²) in [6.45, 7) is -0.431. The van der Waals surface area contributed by atoms with Crippen LogP contribution >= 0.6 is 0 Å². The first-order chi connectivity index (χ1) is 13.7. The molecule has 1 aromatic carbocycles. The quantitative estimate of drug-likeness (QED) is 0.611. The van der Waals surface area contributed by atoms with E-state index < -0.39 is 35.4 Å². The van der Waals surface area contributed by atoms with Gasteiger partial charge in [-0.2, -0.15) is 4.68 Å². The van der Waals surface area contributed by atoms with Gasteiger partial charge in [0.2, 0.25) is 0 Å². The summed E-state index contributed by atoms with van der Waals surface area (Å²) >= 11 is 0. The van der Waals surface area contributed by atoms with E-state index in [2.05, 4.69) is 5.32 Å². The number of halogens is 2. The summed E-state index contributed by atoms with van der Waals surface area (Å²) in [4.78, 5) is 37.2. The van der Waals surface area contributed by atoms with E-state index in [0.717, 1.165) is 6.07 Å². The molecule has 0 bridgehead atoms. The van der Waals surface area contributed by atoms with Gasteiger partial charge in [-0.1, -0.05) is 0 Å². The topological polar surface area (TPSA) is 132 Å². The maximum atomic E-state index is 15.0. The van der Waals surface area contributed by atoms with Crippen LogP contribution in [0.2, 0.25) is 0 Å². The number of benzene rings is 1. The second kappa shape index (κ2) is 6.64. The van der Waals surface area contributed by atoms with Crippen molar-refractivity contribution in [3.8, 4) is 5.75 Å². The van der Waals surface area contributed by atoms with Crippen LogP contribution in [0.15, 0.2) is 15.7 Å². The molecule has 156 valence electrons. The zero-order valence-electron chi connectivity index (χ0n) is 15.4. The fraction of sp³-hybridized carbons (Fsp3) is 0.471. The summed E-state index contributed by atoms with van der Waals surface area (Å²) in [7, 11) is 1.25. The Kier molecular flexibility index (Phi) is 4.35. The van der Waals surface area contributed by atoms with Crippen molar-refractivity contribution in [3.05, 3.63) is 32.7 Å². The third-order valence-corrected chi connectivity index (χ3v) is 5.27. The molecule has 1 aliphatic heterocycles. The number of rotatable bonds is 4. The summed E-state index contributed by atoms with van der Waals surface area (Å²) in [6, 6.07) is -0.320. The lowest BCUT2D eigenvalue weighted by molar-refractivity contribution is 0.183. The number of methoxy groups -OCH3 is 1. The normalized spacial score (nSPS) is 21.6. The molecule has 1 saturated heterocycles. The number of hydrogen-bond donors (Lipinski definition) is 3. The van der Waals surface area contributed by atoms with Crippen molar-refractivity contribution < 1.29 is 23.4 Å². The molecule has 1 aliphatic carbocycles. The average Bonchev–Trinajstić information content (AvgIpc) is 3.43. The minimum absolute atomic E-state index is 0.0909. The Balaban J connectivity index is 1.95. The highest BCUT2D eigenvalue weighted by molar-refractivity contribution is 5.91. The van der Waals surface area contributed by atoms with Crippen LogP contribution in [0.5, 0.6) is 5.75 Å². The molecule has 10 nitrogen and oxygen atoms in total. The molecule has 29 heavy (non-hydrogen) atoms. The second-order valence-electron chi connectivity index (χ2n) is 7.17. The number of aromatic nitrogens is 2. The molecule has 2 unspecified atom stereocenters. The molecule has 4 N–H and O–H groups in total. The molecule has 2 aromatic rings. The van der Waals surface area contributed by atoms with Gasteiger partial charge in [0.25, 0.3) is 5.56 Å². The largest absolute Gasteiger partial charge is 0.492 e. The summed E-state index contributed by atoms with van der Waals surface area (Å²) in [5.41, 5.74) is -1.68. The number of amides is 1. The van der Waals surface area contributed by atoms with E-state index in [9.17, 15) is 18.8 Å². The Labute approximate surface area is 162 Å². The van der Waals surface area contributed by atoms with E-state index in [-0.39, 0.29) is 41.5 Å². The van der Waals surface area contributed by atoms with E-state index in [0.29, 0.717) is 17.5 Å². The molecule has 1 amide bonds. The van der Waals surface area contributed by atoms with Crippen molar-refractivity contribution in [1.29, 1.82) is 0 Å². The molecule has 2 aliphatic rings. The zero-order valence-corrected chi connectivity index (χ0v) is 15.4. The van der Waals surface area contributed by atoms with Crippen LogP contribution in [0.25, 0.3) is 10.9 Å². The highest BCUT2D eigenvalue weighted by Gasteiger charge is 2.38. The van der Waals surface area contributed by atoms with Crippen molar-refractivity contribution in [2.75, 3.05) is 30.9 Å². The zero-order chi connectivity index (χ0) is 21.0. The Morgan fingerprint density at radius 3 is 2.62 bits per heavy atom. The number of fused-ring (bicyclic) bond motifs is 1. The number of nitrogens with one attached hydrogen (secondary N) is 1. The molecule has 2 atom stereocenters. The molecule has 12 heteroatoms. The first kappa shape index (κ1) is 19.0. The predicted octanol–water partition coefficient (Wildman–Crippen LogP) is 0.154. The Hall–Kier alpha value is -3.31. The minimum Gasteiger partial charge on any atom is -0.492 e. The van der Waals surface area contributed by atoms with Crippen LogP contribution in [0.1, 0.15) is 18.9 Å². The number of nitrogens with two attached hydrogens (primary N) is 1. The number of anilines is 1. The molecular weight excluding hydrogens is 392 g/mol. The summed E-state index contributed by atoms with van der Waals surface area (Å²) < 4.78 is 36.5. The highest BCUT2D eigenvalue weighted by atomic mass is 19.1. The Morgan fingerprint density at radius 1 is 1.34 bits per heavy atom. The molecule has 1 saturated carbocycles. The predicted molar refractivity (Wildman–Crippen MR) is 99.5 cm³/mol. The third-order valence-electron chi connectivity index (χ3n) is 5.27. The molecular formula is C17H19F2N5O5. The minimum atomic E-state index is -1.58. The van der Waals surface area contributed by atoms with Gasteiger partial charge in [-0.3, -0.25) is 9.36 Å². The lowest BCUT2D eigenvalue weighted by Crippen LogP contribution is -2.44. The number of nitrogens with zero attached hydrogens (tertiary/aromatic N) is 3. The van der Waals surface area contributed by atoms with Crippen molar-refractivity contribution in [2.24, 2.45) is 0 Å². The smallest absolute Gasteiger partial charge is 0.405 e. The average molecular weight is 411 g/mol. The molecule has 1 aromatic heterocycles. The highest BCUT2D eigenvalue weighted by Crippen LogP contribution is 2.43. The van der Waals surface area contributed by atoms with Gasteiger partial charge in [-0.05, 0) is 18.9 Å². The lowest BCUT2D eigenvalue weighted by atomic mass is 10.1. The standard InChI is InChI=1S/C17H19F2N5O5/c1-29-14-12-8(15(25)24(20)17(28)23(12)7-2-3-7)4-9(18)13(14)22-5-10(19)11(6-22)21-16(26)27/h4,7,10-11,21H,2-3,5-6,20H2,1H3,(H,26,27). The Bertz CT molecular complexity index is 1130. The van der Waals surface area contributed by atoms with Crippen LogP contribution in [0.4, 0.5) is 19.3 Å². The first-order valence-electron chi connectivity index (χ1n) is 8.95. The van der Waals surface area contributed by atoms with Crippen molar-refractivity contribution >= 4 is 22.7 Å². The van der Waals surface area contributed by atoms with Gasteiger partial charge in [-0.25, -0.2) is 18.4 Å². The van der Waals surface area contributed by atoms with E-state index in [1.165, 1.54) is 16.6 Å². The van der Waals surface area contributed by atoms with Gasteiger partial charge in [0.05, 0.1) is 25.1 Å². The van der Waals surface area contributed by atoms with Crippen LogP contribution < -0.4 is 32.0 Å². The van der Waals surface area contributed by atoms with Crippen molar-refractivity contribution in [2.45, 2.75) is 31.1 Å². The number of nitrogen functional groups attached to an aromatic ring is 1. The maximum absolute atomic E-state index is 15.0. The number of alkyl halides is 1. The van der Waals surface area contributed by atoms with E-state index in [1.807, 2.05) is 0 Å². The molecule has 0 spiro atoms. The van der Waals surface area contributed by atoms with E-state index >= 15 is 4.39 Å². The van der Waals surface area contributed by atoms with Crippen molar-refractivity contribution in [3.63, 3.8) is 0 Å². The number of hydrogen-bond acceptors (Lipinski definition) is 6. The Morgan fingerprint density at radius 2 is 2.03 bits per heavy atom. The van der Waals surface area contributed by atoms with Gasteiger partial charge in [-0.15, -0.1) is 0 Å². The summed E-state index contributed by atoms with van der Waals surface area (Å²) in [6.07, 6.45) is -1.60. The van der Waals surface area contributed by atoms with Crippen molar-refractivity contribution in [1.82, 2.24) is 14.6 Å². The maximum Gasteiger partial charge on any atom is 0.405 e. The fourth-order valence-corrected chi connectivity index (χ4v) is 3.84. The third kappa shape index (κ3) is 2.95. The van der Waals surface area contributed by atoms with Crippen LogP contribution in [0, 0.1) is 5.82 Å². The monoisotopic (exact) mass is 411 g/mol. The summed E-state index contributed by atoms with van der Waals surface area (Å²) in [5.74, 6) is 4.62. The van der Waals surface area contributed by atoms with Crippen LogP contribution in [-0.4, -0.2) is 52.9 Å². The first-order valence-corrected chi connectivity index (χ1v) is 8.95. The fourth-order valence-electron chi connectivity index (χ4n) is 3.84. The van der Waals surface area contributed by atoms with Crippen LogP contribution in [-0.2, 0) is 0 Å². The molecule has 2 fully saturated rings. The van der Waals surface area contributed by atoms with E-state index in [4.69, 9.17) is 15.7 Å². The SMILES string of the molecule is COc1c(N2CC(F)C(NC(=O)O)C2)c(F)cc2c(=O)n(N)c(=O)n(C3CC3)c12. The summed E-state index contributed by atoms with van der Waals surface area (Å²) in [5, 5.41) is 10.8. The lowest BCUT2D eigenvalue weighted by Gasteiger charge is -2.24. The number of ether oxygens (including phenoxy) is 1. The number of carboxylic acid groups (broad SMARTS) is 1. The molecule has 2 heterocycles. The van der Waals surface area contributed by atoms with Gasteiger partial charge < -0.3 is 25.9 Å². The van der Waals surface area contributed by atoms with Gasteiger partial charge in [0, 0.05) is 12.6 Å². The van der Waals surface area contributed by atoms with Crippen LogP contribution in [0.3, 0.4) is 0 Å². The molecule has 0 radical (unpaired) electrons. The second-order valence-corrected chi connectivity index (χ2v) is 7.17. The van der Waals surface area contributed by atoms with E-state index in [1.54, 1.807) is 0 Å². The van der Waals surface area contributed by atoms with Gasteiger partial charge in [0.15, 0.2) is 11.6 Å². The molecule has 4 rings (SSSR count). The van der Waals surface area contributed by atoms with Gasteiger partial charge >= 0.3 is 11.8 Å².